The molecule has 1 spiro atoms. The standard InChI is InChI=1S/C8H11N3O3/c1-10-5-9-8(11(2)7(10)13)3-4-14-6(8)12/h5H,3-4H2,1-2H3. The van der Waals surface area contributed by atoms with Crippen molar-refractivity contribution in [2.75, 3.05) is 20.7 Å². The van der Waals surface area contributed by atoms with Crippen LogP contribution in [0.25, 0.3) is 0 Å². The van der Waals surface area contributed by atoms with Crippen molar-refractivity contribution < 1.29 is 14.3 Å². The third-order valence-electron chi connectivity index (χ3n) is 2.60. The number of nitrogens with zero attached hydrogens (tertiary/aromatic N) is 3. The Kier molecular flexibility index (Phi) is 1.73. The van der Waals surface area contributed by atoms with E-state index < -0.39 is 11.6 Å². The quantitative estimate of drug-likeness (QED) is 0.499. The smallest absolute Gasteiger partial charge is 0.355 e. The second-order valence-corrected chi connectivity index (χ2v) is 3.40. The molecule has 0 bridgehead atoms. The number of cyclic esters (lactones) is 1. The first-order valence-electron chi connectivity index (χ1n) is 4.31. The molecule has 1 unspecified atom stereocenters. The molecular formula is C8H11N3O3. The molecule has 6 heteroatoms. The number of urea groups is 1. The van der Waals surface area contributed by atoms with Crippen molar-refractivity contribution in [3.63, 3.8) is 0 Å². The monoisotopic (exact) mass is 197 g/mol. The molecule has 2 amide bonds. The predicted molar refractivity (Wildman–Crippen MR) is 47.7 cm³/mol. The van der Waals surface area contributed by atoms with Crippen LogP contribution in [0, 0.1) is 0 Å². The van der Waals surface area contributed by atoms with Crippen molar-refractivity contribution in [2.45, 2.75) is 12.1 Å². The molecule has 2 heterocycles. The predicted octanol–water partition coefficient (Wildman–Crippen LogP) is -0.345. The van der Waals surface area contributed by atoms with Gasteiger partial charge in [0, 0.05) is 20.5 Å². The summed E-state index contributed by atoms with van der Waals surface area (Å²) in [5.41, 5.74) is -1.11. The summed E-state index contributed by atoms with van der Waals surface area (Å²) < 4.78 is 4.84. The van der Waals surface area contributed by atoms with E-state index in [1.807, 2.05) is 0 Å². The lowest BCUT2D eigenvalue weighted by Crippen LogP contribution is -2.58. The van der Waals surface area contributed by atoms with Crippen molar-refractivity contribution >= 4 is 18.3 Å². The third-order valence-corrected chi connectivity index (χ3v) is 2.60. The molecule has 2 aliphatic heterocycles. The molecule has 6 nitrogen and oxygen atoms in total. The molecule has 0 aliphatic carbocycles. The Balaban J connectivity index is 2.41. The lowest BCUT2D eigenvalue weighted by atomic mass is 10.1. The Hall–Kier alpha value is -1.59. The van der Waals surface area contributed by atoms with Gasteiger partial charge in [-0.1, -0.05) is 0 Å². The Labute approximate surface area is 81.1 Å². The summed E-state index contributed by atoms with van der Waals surface area (Å²) in [4.78, 5) is 29.8. The van der Waals surface area contributed by atoms with E-state index in [2.05, 4.69) is 4.99 Å². The molecule has 0 aromatic heterocycles. The minimum Gasteiger partial charge on any atom is -0.462 e. The number of hydrogen-bond donors (Lipinski definition) is 0. The van der Waals surface area contributed by atoms with Crippen LogP contribution in [-0.2, 0) is 9.53 Å². The lowest BCUT2D eigenvalue weighted by molar-refractivity contribution is -0.146. The number of likely N-dealkylation sites (N-methyl/N-ethyl adjacent to an activating group) is 1. The first-order valence-corrected chi connectivity index (χ1v) is 4.31. The van der Waals surface area contributed by atoms with Crippen LogP contribution in [0.15, 0.2) is 4.99 Å². The topological polar surface area (TPSA) is 62.2 Å². The van der Waals surface area contributed by atoms with Crippen LogP contribution in [0.5, 0.6) is 0 Å². The number of carbonyl (C=O) groups is 2. The van der Waals surface area contributed by atoms with E-state index in [1.54, 1.807) is 14.1 Å². The normalized spacial score (nSPS) is 31.6. The van der Waals surface area contributed by atoms with Crippen LogP contribution in [0.1, 0.15) is 6.42 Å². The van der Waals surface area contributed by atoms with Crippen LogP contribution >= 0.6 is 0 Å². The van der Waals surface area contributed by atoms with Gasteiger partial charge in [0.2, 0.25) is 5.66 Å². The molecule has 2 rings (SSSR count). The van der Waals surface area contributed by atoms with Gasteiger partial charge in [0.1, 0.15) is 0 Å². The van der Waals surface area contributed by atoms with Crippen molar-refractivity contribution in [2.24, 2.45) is 4.99 Å². The molecular weight excluding hydrogens is 186 g/mol. The summed E-state index contributed by atoms with van der Waals surface area (Å²) in [6, 6.07) is -0.251. The average molecular weight is 197 g/mol. The molecule has 2 aliphatic rings. The Morgan fingerprint density at radius 3 is 2.79 bits per heavy atom. The van der Waals surface area contributed by atoms with Gasteiger partial charge in [-0.05, 0) is 0 Å². The molecule has 0 aromatic carbocycles. The van der Waals surface area contributed by atoms with E-state index >= 15 is 0 Å². The highest BCUT2D eigenvalue weighted by Crippen LogP contribution is 2.30. The van der Waals surface area contributed by atoms with Crippen LogP contribution < -0.4 is 0 Å². The summed E-state index contributed by atoms with van der Waals surface area (Å²) in [6.45, 7) is 0.317. The van der Waals surface area contributed by atoms with E-state index in [-0.39, 0.29) is 6.03 Å². The minimum atomic E-state index is -1.11. The van der Waals surface area contributed by atoms with Gasteiger partial charge >= 0.3 is 12.0 Å². The van der Waals surface area contributed by atoms with E-state index in [0.29, 0.717) is 13.0 Å². The highest BCUT2D eigenvalue weighted by Gasteiger charge is 2.52. The number of carbonyl (C=O) groups excluding carboxylic acids is 2. The Morgan fingerprint density at radius 1 is 1.50 bits per heavy atom. The number of rotatable bonds is 0. The molecule has 0 aromatic rings. The summed E-state index contributed by atoms with van der Waals surface area (Å²) in [6.07, 6.45) is 1.80. The molecule has 1 fully saturated rings. The van der Waals surface area contributed by atoms with Gasteiger partial charge in [-0.3, -0.25) is 9.80 Å². The maximum Gasteiger partial charge on any atom is 0.355 e. The van der Waals surface area contributed by atoms with Crippen molar-refractivity contribution in [1.29, 1.82) is 0 Å². The minimum absolute atomic E-state index is 0.251. The Bertz CT molecular complexity index is 328. The molecule has 1 atom stereocenters. The summed E-state index contributed by atoms with van der Waals surface area (Å²) in [5.74, 6) is -0.447. The fraction of sp³-hybridized carbons (Fsp3) is 0.625. The first-order chi connectivity index (χ1) is 6.58. The second kappa shape index (κ2) is 2.70. The zero-order chi connectivity index (χ0) is 10.3. The van der Waals surface area contributed by atoms with Gasteiger partial charge in [0.15, 0.2) is 0 Å². The van der Waals surface area contributed by atoms with Crippen LogP contribution in [0.3, 0.4) is 0 Å². The average Bonchev–Trinajstić information content (AvgIpc) is 2.53. The van der Waals surface area contributed by atoms with Gasteiger partial charge in [0.25, 0.3) is 0 Å². The van der Waals surface area contributed by atoms with E-state index in [0.717, 1.165) is 0 Å². The maximum absolute atomic E-state index is 11.6. The molecule has 1 saturated heterocycles. The third kappa shape index (κ3) is 0.934. The van der Waals surface area contributed by atoms with Gasteiger partial charge in [-0.25, -0.2) is 14.6 Å². The fourth-order valence-corrected chi connectivity index (χ4v) is 1.64. The molecule has 0 radical (unpaired) electrons. The van der Waals surface area contributed by atoms with Gasteiger partial charge in [-0.15, -0.1) is 0 Å². The molecule has 0 saturated carbocycles. The number of aliphatic imine (C=N–C) groups is 1. The fourth-order valence-electron chi connectivity index (χ4n) is 1.64. The Morgan fingerprint density at radius 2 is 2.21 bits per heavy atom. The lowest BCUT2D eigenvalue weighted by Gasteiger charge is -2.36. The zero-order valence-corrected chi connectivity index (χ0v) is 8.06. The largest absolute Gasteiger partial charge is 0.462 e. The number of esters is 1. The number of ether oxygens (including phenoxy) is 1. The molecule has 14 heavy (non-hydrogen) atoms. The van der Waals surface area contributed by atoms with Crippen LogP contribution in [0.4, 0.5) is 4.79 Å². The maximum atomic E-state index is 11.6. The summed E-state index contributed by atoms with van der Waals surface area (Å²) >= 11 is 0. The van der Waals surface area contributed by atoms with E-state index in [1.165, 1.54) is 16.1 Å². The number of hydrogen-bond acceptors (Lipinski definition) is 4. The number of amides is 2. The van der Waals surface area contributed by atoms with Gasteiger partial charge in [0.05, 0.1) is 12.9 Å². The second-order valence-electron chi connectivity index (χ2n) is 3.40. The van der Waals surface area contributed by atoms with E-state index in [9.17, 15) is 9.59 Å². The first kappa shape index (κ1) is 8.98. The van der Waals surface area contributed by atoms with Crippen LogP contribution in [0.2, 0.25) is 0 Å². The SMILES string of the molecule is CN1C=NC2(CCOC2=O)N(C)C1=O. The van der Waals surface area contributed by atoms with Gasteiger partial charge in [-0.2, -0.15) is 0 Å². The summed E-state index contributed by atoms with van der Waals surface area (Å²) in [5, 5.41) is 0. The highest BCUT2D eigenvalue weighted by atomic mass is 16.5. The highest BCUT2D eigenvalue weighted by molar-refractivity contribution is 5.96. The van der Waals surface area contributed by atoms with Crippen molar-refractivity contribution in [1.82, 2.24) is 9.80 Å². The summed E-state index contributed by atoms with van der Waals surface area (Å²) in [7, 11) is 3.15. The molecule has 76 valence electrons. The van der Waals surface area contributed by atoms with Crippen molar-refractivity contribution in [3.05, 3.63) is 0 Å². The molecule has 0 N–H and O–H groups in total. The van der Waals surface area contributed by atoms with Crippen molar-refractivity contribution in [3.8, 4) is 0 Å². The zero-order valence-electron chi connectivity index (χ0n) is 8.06. The van der Waals surface area contributed by atoms with Crippen LogP contribution in [-0.4, -0.2) is 54.5 Å². The van der Waals surface area contributed by atoms with Gasteiger partial charge < -0.3 is 4.74 Å². The van der Waals surface area contributed by atoms with E-state index in [4.69, 9.17) is 4.74 Å².